The van der Waals surface area contributed by atoms with Crippen LogP contribution in [0.2, 0.25) is 0 Å². The molecular formula is C20H21N5O2. The normalized spacial score (nSPS) is 14.1. The number of rotatable bonds is 5. The SMILES string of the molecule is Nc1ncc(-c2cccc(N3CCOCC3)c2)nc1OCc1ccncc1. The fourth-order valence-electron chi connectivity index (χ4n) is 2.94. The third-order valence-corrected chi connectivity index (χ3v) is 4.41. The van der Waals surface area contributed by atoms with Crippen LogP contribution in [0.4, 0.5) is 11.5 Å². The maximum absolute atomic E-state index is 5.95. The van der Waals surface area contributed by atoms with E-state index in [1.165, 1.54) is 0 Å². The quantitative estimate of drug-likeness (QED) is 0.745. The summed E-state index contributed by atoms with van der Waals surface area (Å²) in [5.41, 5.74) is 9.78. The Labute approximate surface area is 157 Å². The van der Waals surface area contributed by atoms with Crippen molar-refractivity contribution in [3.05, 3.63) is 60.6 Å². The Morgan fingerprint density at radius 3 is 2.74 bits per heavy atom. The Kier molecular flexibility index (Phi) is 5.11. The van der Waals surface area contributed by atoms with Crippen LogP contribution in [-0.4, -0.2) is 41.3 Å². The largest absolute Gasteiger partial charge is 0.470 e. The summed E-state index contributed by atoms with van der Waals surface area (Å²) in [6, 6.07) is 12.0. The molecule has 1 saturated heterocycles. The summed E-state index contributed by atoms with van der Waals surface area (Å²) < 4.78 is 11.2. The fourth-order valence-corrected chi connectivity index (χ4v) is 2.94. The zero-order chi connectivity index (χ0) is 18.5. The molecule has 0 atom stereocenters. The van der Waals surface area contributed by atoms with Gasteiger partial charge in [-0.25, -0.2) is 9.97 Å². The van der Waals surface area contributed by atoms with Crippen LogP contribution in [0.15, 0.2) is 55.0 Å². The first-order valence-corrected chi connectivity index (χ1v) is 8.87. The molecule has 138 valence electrons. The van der Waals surface area contributed by atoms with Gasteiger partial charge < -0.3 is 20.1 Å². The molecule has 4 rings (SSSR count). The topological polar surface area (TPSA) is 86.4 Å². The predicted molar refractivity (Wildman–Crippen MR) is 103 cm³/mol. The minimum absolute atomic E-state index is 0.275. The lowest BCUT2D eigenvalue weighted by molar-refractivity contribution is 0.122. The Bertz CT molecular complexity index is 898. The number of nitrogens with two attached hydrogens (primary N) is 1. The molecule has 0 saturated carbocycles. The first-order valence-electron chi connectivity index (χ1n) is 8.87. The van der Waals surface area contributed by atoms with Crippen LogP contribution in [0.1, 0.15) is 5.56 Å². The molecule has 27 heavy (non-hydrogen) atoms. The van der Waals surface area contributed by atoms with Gasteiger partial charge in [0.25, 0.3) is 5.88 Å². The molecule has 7 heteroatoms. The van der Waals surface area contributed by atoms with Crippen LogP contribution in [-0.2, 0) is 11.3 Å². The highest BCUT2D eigenvalue weighted by atomic mass is 16.5. The van der Waals surface area contributed by atoms with Crippen molar-refractivity contribution in [3.8, 4) is 17.1 Å². The number of hydrogen-bond donors (Lipinski definition) is 1. The number of ether oxygens (including phenoxy) is 2. The van der Waals surface area contributed by atoms with Crippen molar-refractivity contribution < 1.29 is 9.47 Å². The molecule has 0 radical (unpaired) electrons. The van der Waals surface area contributed by atoms with Crippen LogP contribution >= 0.6 is 0 Å². The van der Waals surface area contributed by atoms with Gasteiger partial charge in [0, 0.05) is 36.7 Å². The second-order valence-corrected chi connectivity index (χ2v) is 6.24. The van der Waals surface area contributed by atoms with Crippen molar-refractivity contribution in [1.82, 2.24) is 15.0 Å². The molecule has 1 aliphatic heterocycles. The summed E-state index contributed by atoms with van der Waals surface area (Å²) >= 11 is 0. The van der Waals surface area contributed by atoms with Crippen molar-refractivity contribution in [2.45, 2.75) is 6.61 Å². The summed E-state index contributed by atoms with van der Waals surface area (Å²) in [6.07, 6.45) is 5.12. The Hall–Kier alpha value is -3.19. The summed E-state index contributed by atoms with van der Waals surface area (Å²) in [5, 5.41) is 0. The molecule has 2 N–H and O–H groups in total. The Morgan fingerprint density at radius 1 is 1.11 bits per heavy atom. The third-order valence-electron chi connectivity index (χ3n) is 4.41. The number of pyridine rings is 1. The van der Waals surface area contributed by atoms with Crippen LogP contribution in [0, 0.1) is 0 Å². The first-order chi connectivity index (χ1) is 13.3. The van der Waals surface area contributed by atoms with Crippen LogP contribution in [0.5, 0.6) is 5.88 Å². The number of morpholine rings is 1. The molecule has 0 bridgehead atoms. The van der Waals surface area contributed by atoms with E-state index in [1.54, 1.807) is 18.6 Å². The maximum atomic E-state index is 5.95. The van der Waals surface area contributed by atoms with Gasteiger partial charge in [-0.2, -0.15) is 0 Å². The van der Waals surface area contributed by atoms with Gasteiger partial charge in [-0.3, -0.25) is 4.98 Å². The Balaban J connectivity index is 1.55. The number of nitrogens with zero attached hydrogens (tertiary/aromatic N) is 4. The molecule has 1 fully saturated rings. The van der Waals surface area contributed by atoms with Crippen molar-refractivity contribution in [2.24, 2.45) is 0 Å². The molecule has 0 unspecified atom stereocenters. The van der Waals surface area contributed by atoms with E-state index in [1.807, 2.05) is 24.3 Å². The third kappa shape index (κ3) is 4.15. The predicted octanol–water partition coefficient (Wildman–Crippen LogP) is 2.54. The molecule has 0 aliphatic carbocycles. The van der Waals surface area contributed by atoms with Gasteiger partial charge in [-0.1, -0.05) is 12.1 Å². The van der Waals surface area contributed by atoms with Crippen molar-refractivity contribution in [3.63, 3.8) is 0 Å². The van der Waals surface area contributed by atoms with Crippen molar-refractivity contribution >= 4 is 11.5 Å². The van der Waals surface area contributed by atoms with Crippen LogP contribution in [0.25, 0.3) is 11.3 Å². The zero-order valence-corrected chi connectivity index (χ0v) is 14.9. The number of hydrogen-bond acceptors (Lipinski definition) is 7. The number of benzene rings is 1. The molecule has 3 heterocycles. The van der Waals surface area contributed by atoms with Crippen molar-refractivity contribution in [1.29, 1.82) is 0 Å². The fraction of sp³-hybridized carbons (Fsp3) is 0.250. The van der Waals surface area contributed by atoms with E-state index in [9.17, 15) is 0 Å². The van der Waals surface area contributed by atoms with E-state index >= 15 is 0 Å². The van der Waals surface area contributed by atoms with Gasteiger partial charge in [0.1, 0.15) is 6.61 Å². The van der Waals surface area contributed by atoms with Gasteiger partial charge >= 0.3 is 0 Å². The summed E-state index contributed by atoms with van der Waals surface area (Å²) in [4.78, 5) is 15.1. The minimum atomic E-state index is 0.275. The summed E-state index contributed by atoms with van der Waals surface area (Å²) in [5.74, 6) is 0.609. The monoisotopic (exact) mass is 363 g/mol. The van der Waals surface area contributed by atoms with E-state index in [2.05, 4.69) is 32.0 Å². The van der Waals surface area contributed by atoms with Gasteiger partial charge in [-0.15, -0.1) is 0 Å². The maximum Gasteiger partial charge on any atom is 0.258 e. The van der Waals surface area contributed by atoms with E-state index in [4.69, 9.17) is 15.2 Å². The molecule has 1 aliphatic rings. The number of anilines is 2. The van der Waals surface area contributed by atoms with Gasteiger partial charge in [-0.05, 0) is 29.8 Å². The lowest BCUT2D eigenvalue weighted by Crippen LogP contribution is -2.36. The van der Waals surface area contributed by atoms with Gasteiger partial charge in [0.2, 0.25) is 0 Å². The standard InChI is InChI=1S/C20H21N5O2/c21-19-20(27-14-15-4-6-22-7-5-15)24-18(13-23-19)16-2-1-3-17(12-16)25-8-10-26-11-9-25/h1-7,12-13H,8-11,14H2,(H2,21,23). The molecule has 3 aromatic rings. The summed E-state index contributed by atoms with van der Waals surface area (Å²) in [6.45, 7) is 3.63. The average molecular weight is 363 g/mol. The zero-order valence-electron chi connectivity index (χ0n) is 14.9. The lowest BCUT2D eigenvalue weighted by atomic mass is 10.1. The van der Waals surface area contributed by atoms with E-state index in [0.717, 1.165) is 48.8 Å². The molecule has 2 aromatic heterocycles. The minimum Gasteiger partial charge on any atom is -0.470 e. The van der Waals surface area contributed by atoms with Gasteiger partial charge in [0.05, 0.1) is 25.1 Å². The summed E-state index contributed by atoms with van der Waals surface area (Å²) in [7, 11) is 0. The second-order valence-electron chi connectivity index (χ2n) is 6.24. The van der Waals surface area contributed by atoms with Crippen LogP contribution in [0.3, 0.4) is 0 Å². The highest BCUT2D eigenvalue weighted by Gasteiger charge is 2.13. The lowest BCUT2D eigenvalue weighted by Gasteiger charge is -2.29. The molecule has 7 nitrogen and oxygen atoms in total. The average Bonchev–Trinajstić information content (AvgIpc) is 2.75. The van der Waals surface area contributed by atoms with E-state index in [0.29, 0.717) is 12.5 Å². The number of aromatic nitrogens is 3. The Morgan fingerprint density at radius 2 is 1.93 bits per heavy atom. The highest BCUT2D eigenvalue weighted by molar-refractivity contribution is 5.66. The molecular weight excluding hydrogens is 342 g/mol. The highest BCUT2D eigenvalue weighted by Crippen LogP contribution is 2.27. The molecule has 0 amide bonds. The first kappa shape index (κ1) is 17.2. The molecule has 0 spiro atoms. The smallest absolute Gasteiger partial charge is 0.258 e. The van der Waals surface area contributed by atoms with Crippen molar-refractivity contribution in [2.75, 3.05) is 36.9 Å². The van der Waals surface area contributed by atoms with E-state index in [-0.39, 0.29) is 5.82 Å². The van der Waals surface area contributed by atoms with E-state index < -0.39 is 0 Å². The van der Waals surface area contributed by atoms with Crippen LogP contribution < -0.4 is 15.4 Å². The number of nitrogen functional groups attached to an aromatic ring is 1. The second kappa shape index (κ2) is 8.01. The van der Waals surface area contributed by atoms with Gasteiger partial charge in [0.15, 0.2) is 5.82 Å². The molecule has 1 aromatic carbocycles.